The van der Waals surface area contributed by atoms with Crippen LogP contribution in [-0.2, 0) is 4.79 Å². The molecule has 0 aliphatic rings. The quantitative estimate of drug-likeness (QED) is 0.478. The lowest BCUT2D eigenvalue weighted by Crippen LogP contribution is -2.26. The number of carbonyl (C=O) groups is 1. The Labute approximate surface area is 158 Å². The molecule has 0 spiro atoms. The molecule has 0 aromatic heterocycles. The molecule has 24 heavy (non-hydrogen) atoms. The summed E-state index contributed by atoms with van der Waals surface area (Å²) in [7, 11) is 0. The van der Waals surface area contributed by atoms with Crippen LogP contribution in [0.1, 0.15) is 25.3 Å². The third-order valence-electron chi connectivity index (χ3n) is 3.16. The molecule has 0 unspecified atom stereocenters. The molecular weight excluding hydrogens is 436 g/mol. The zero-order valence-electron chi connectivity index (χ0n) is 13.3. The summed E-state index contributed by atoms with van der Waals surface area (Å²) >= 11 is 6.77. The predicted molar refractivity (Wildman–Crippen MR) is 103 cm³/mol. The average molecular weight is 454 g/mol. The number of nitrogens with one attached hydrogen (secondary N) is 1. The number of carbonyl (C=O) groups excluding carboxylic acids is 1. The van der Waals surface area contributed by atoms with Gasteiger partial charge in [0.15, 0.2) is 6.61 Å². The van der Waals surface area contributed by atoms with E-state index < -0.39 is 0 Å². The van der Waals surface area contributed by atoms with Gasteiger partial charge in [-0.3, -0.25) is 4.79 Å². The lowest BCUT2D eigenvalue weighted by molar-refractivity contribution is -0.123. The number of benzene rings is 2. The van der Waals surface area contributed by atoms with E-state index in [0.29, 0.717) is 5.75 Å². The molecule has 0 fully saturated rings. The number of hydrogen-bond donors (Lipinski definition) is 1. The van der Waals surface area contributed by atoms with Gasteiger partial charge in [-0.05, 0) is 46.1 Å². The van der Waals surface area contributed by atoms with Crippen LogP contribution in [0.3, 0.4) is 0 Å². The van der Waals surface area contributed by atoms with Gasteiger partial charge in [-0.2, -0.15) is 5.10 Å². The second kappa shape index (κ2) is 9.59. The Morgan fingerprint density at radius 2 is 1.92 bits per heavy atom. The van der Waals surface area contributed by atoms with Crippen LogP contribution >= 0.6 is 31.9 Å². The summed E-state index contributed by atoms with van der Waals surface area (Å²) in [6, 6.07) is 15.3. The molecule has 2 aromatic rings. The number of rotatable bonds is 7. The highest BCUT2D eigenvalue weighted by Crippen LogP contribution is 2.28. The Bertz CT molecular complexity index is 718. The smallest absolute Gasteiger partial charge is 0.277 e. The van der Waals surface area contributed by atoms with Crippen LogP contribution in [0.2, 0.25) is 0 Å². The average Bonchev–Trinajstić information content (AvgIpc) is 2.58. The first kappa shape index (κ1) is 18.7. The fraction of sp³-hybridized carbons (Fsp3) is 0.222. The van der Waals surface area contributed by atoms with Gasteiger partial charge in [0.1, 0.15) is 5.75 Å². The maximum atomic E-state index is 12.0. The molecule has 0 radical (unpaired) electrons. The number of amides is 1. The highest BCUT2D eigenvalue weighted by molar-refractivity contribution is 9.11. The second-order valence-electron chi connectivity index (χ2n) is 5.07. The van der Waals surface area contributed by atoms with E-state index in [4.69, 9.17) is 4.74 Å². The van der Waals surface area contributed by atoms with Crippen LogP contribution in [-0.4, -0.2) is 18.2 Å². The summed E-state index contributed by atoms with van der Waals surface area (Å²) < 4.78 is 7.22. The van der Waals surface area contributed by atoms with Gasteiger partial charge in [-0.25, -0.2) is 5.43 Å². The van der Waals surface area contributed by atoms with E-state index in [0.717, 1.165) is 33.1 Å². The Balaban J connectivity index is 1.95. The van der Waals surface area contributed by atoms with Crippen molar-refractivity contribution in [1.82, 2.24) is 5.43 Å². The molecule has 6 heteroatoms. The van der Waals surface area contributed by atoms with Crippen molar-refractivity contribution < 1.29 is 9.53 Å². The van der Waals surface area contributed by atoms with E-state index >= 15 is 0 Å². The summed E-state index contributed by atoms with van der Waals surface area (Å²) in [5.41, 5.74) is 4.43. The van der Waals surface area contributed by atoms with Crippen molar-refractivity contribution in [2.45, 2.75) is 19.8 Å². The number of ether oxygens (including phenoxy) is 1. The number of nitrogens with zero attached hydrogens (tertiary/aromatic N) is 1. The predicted octanol–water partition coefficient (Wildman–Crippen LogP) is 4.91. The third-order valence-corrected chi connectivity index (χ3v) is 4.28. The van der Waals surface area contributed by atoms with Crippen molar-refractivity contribution >= 4 is 43.5 Å². The van der Waals surface area contributed by atoms with Gasteiger partial charge in [0.25, 0.3) is 5.91 Å². The zero-order valence-corrected chi connectivity index (χ0v) is 16.4. The van der Waals surface area contributed by atoms with Gasteiger partial charge in [-0.1, -0.05) is 59.6 Å². The first-order valence-electron chi connectivity index (χ1n) is 7.59. The van der Waals surface area contributed by atoms with Gasteiger partial charge in [0.05, 0.1) is 10.2 Å². The van der Waals surface area contributed by atoms with E-state index in [-0.39, 0.29) is 12.5 Å². The minimum absolute atomic E-state index is 0.0993. The molecule has 1 amide bonds. The van der Waals surface area contributed by atoms with Crippen LogP contribution in [0.4, 0.5) is 0 Å². The first-order valence-corrected chi connectivity index (χ1v) is 9.17. The maximum Gasteiger partial charge on any atom is 0.277 e. The molecule has 2 rings (SSSR count). The lowest BCUT2D eigenvalue weighted by atomic mass is 10.1. The third kappa shape index (κ3) is 5.76. The van der Waals surface area contributed by atoms with E-state index in [1.165, 1.54) is 0 Å². The molecule has 4 nitrogen and oxygen atoms in total. The van der Waals surface area contributed by atoms with E-state index in [2.05, 4.69) is 49.3 Å². The van der Waals surface area contributed by atoms with Crippen LogP contribution in [0.25, 0.3) is 0 Å². The van der Waals surface area contributed by atoms with Gasteiger partial charge < -0.3 is 4.74 Å². The Morgan fingerprint density at radius 1 is 1.17 bits per heavy atom. The van der Waals surface area contributed by atoms with Crippen molar-refractivity contribution in [3.63, 3.8) is 0 Å². The largest absolute Gasteiger partial charge is 0.483 e. The SMILES string of the molecule is CCCC(=NNC(=O)COc1ccc(Br)cc1Br)c1ccccc1. The Hall–Kier alpha value is -1.66. The van der Waals surface area contributed by atoms with Crippen LogP contribution in [0, 0.1) is 0 Å². The first-order chi connectivity index (χ1) is 11.6. The van der Waals surface area contributed by atoms with E-state index in [1.54, 1.807) is 6.07 Å². The van der Waals surface area contributed by atoms with Crippen molar-refractivity contribution in [2.24, 2.45) is 5.10 Å². The van der Waals surface area contributed by atoms with Gasteiger partial charge in [0, 0.05) is 4.47 Å². The highest BCUT2D eigenvalue weighted by atomic mass is 79.9. The van der Waals surface area contributed by atoms with E-state index in [9.17, 15) is 4.79 Å². The maximum absolute atomic E-state index is 12.0. The second-order valence-corrected chi connectivity index (χ2v) is 6.84. The number of hydrogen-bond acceptors (Lipinski definition) is 3. The van der Waals surface area contributed by atoms with Crippen molar-refractivity contribution in [3.05, 3.63) is 63.0 Å². The fourth-order valence-electron chi connectivity index (χ4n) is 2.03. The summed E-state index contributed by atoms with van der Waals surface area (Å²) in [6.45, 7) is 1.98. The molecule has 1 N–H and O–H groups in total. The fourth-order valence-corrected chi connectivity index (χ4v) is 3.19. The molecule has 0 heterocycles. The summed E-state index contributed by atoms with van der Waals surface area (Å²) in [5.74, 6) is 0.309. The molecule has 0 saturated carbocycles. The van der Waals surface area contributed by atoms with Crippen LogP contribution in [0.5, 0.6) is 5.75 Å². The van der Waals surface area contributed by atoms with Gasteiger partial charge in [0.2, 0.25) is 0 Å². The van der Waals surface area contributed by atoms with Crippen molar-refractivity contribution in [1.29, 1.82) is 0 Å². The minimum Gasteiger partial charge on any atom is -0.483 e. The van der Waals surface area contributed by atoms with Crippen LogP contribution in [0.15, 0.2) is 62.6 Å². The molecule has 0 aliphatic carbocycles. The number of halogens is 2. The Morgan fingerprint density at radius 3 is 2.58 bits per heavy atom. The number of hydrazone groups is 1. The minimum atomic E-state index is -0.297. The summed E-state index contributed by atoms with van der Waals surface area (Å²) in [4.78, 5) is 12.0. The molecule has 126 valence electrons. The molecule has 0 aliphatic heterocycles. The van der Waals surface area contributed by atoms with Crippen LogP contribution < -0.4 is 10.2 Å². The molecule has 0 saturated heterocycles. The monoisotopic (exact) mass is 452 g/mol. The molecule has 0 bridgehead atoms. The highest BCUT2D eigenvalue weighted by Gasteiger charge is 2.07. The van der Waals surface area contributed by atoms with E-state index in [1.807, 2.05) is 42.5 Å². The topological polar surface area (TPSA) is 50.7 Å². The normalized spacial score (nSPS) is 11.2. The molecular formula is C18H18Br2N2O2. The summed E-state index contributed by atoms with van der Waals surface area (Å²) in [6.07, 6.45) is 1.75. The molecule has 0 atom stereocenters. The van der Waals surface area contributed by atoms with Crippen molar-refractivity contribution in [2.75, 3.05) is 6.61 Å². The summed E-state index contributed by atoms with van der Waals surface area (Å²) in [5, 5.41) is 4.25. The van der Waals surface area contributed by atoms with Crippen molar-refractivity contribution in [3.8, 4) is 5.75 Å². The standard InChI is InChI=1S/C18H18Br2N2O2/c1-2-6-16(13-7-4-3-5-8-13)21-22-18(23)12-24-17-10-9-14(19)11-15(17)20/h3-5,7-11H,2,6,12H2,1H3,(H,22,23). The lowest BCUT2D eigenvalue weighted by Gasteiger charge is -2.09. The Kier molecular flexibility index (Phi) is 7.46. The van der Waals surface area contributed by atoms with Gasteiger partial charge in [-0.15, -0.1) is 0 Å². The molecule has 2 aromatic carbocycles. The van der Waals surface area contributed by atoms with Gasteiger partial charge >= 0.3 is 0 Å². The zero-order chi connectivity index (χ0) is 17.4.